The summed E-state index contributed by atoms with van der Waals surface area (Å²) < 4.78 is 1.90. The SMILES string of the molecule is Cc1cc(C(C)(C)C)ccc1SCC(O)Cn1ccnc1. The number of imidazole rings is 1. The van der Waals surface area contributed by atoms with E-state index in [1.807, 2.05) is 10.8 Å². The number of nitrogens with zero attached hydrogens (tertiary/aromatic N) is 2. The lowest BCUT2D eigenvalue weighted by atomic mass is 9.86. The third-order valence-corrected chi connectivity index (χ3v) is 4.77. The van der Waals surface area contributed by atoms with Crippen LogP contribution in [0.25, 0.3) is 0 Å². The average molecular weight is 304 g/mol. The molecule has 2 rings (SSSR count). The molecule has 1 aromatic carbocycles. The van der Waals surface area contributed by atoms with Gasteiger partial charge in [0.1, 0.15) is 0 Å². The van der Waals surface area contributed by atoms with Crippen LogP contribution < -0.4 is 0 Å². The Bertz CT molecular complexity index is 573. The minimum Gasteiger partial charge on any atom is -0.390 e. The highest BCUT2D eigenvalue weighted by Crippen LogP contribution is 2.29. The van der Waals surface area contributed by atoms with Gasteiger partial charge >= 0.3 is 0 Å². The Balaban J connectivity index is 1.94. The van der Waals surface area contributed by atoms with Crippen LogP contribution in [0.4, 0.5) is 0 Å². The lowest BCUT2D eigenvalue weighted by molar-refractivity contribution is 0.178. The summed E-state index contributed by atoms with van der Waals surface area (Å²) in [6, 6.07) is 6.62. The number of hydrogen-bond donors (Lipinski definition) is 1. The first-order chi connectivity index (χ1) is 9.86. The highest BCUT2D eigenvalue weighted by Gasteiger charge is 2.15. The molecule has 0 aliphatic rings. The minimum absolute atomic E-state index is 0.175. The van der Waals surface area contributed by atoms with Crippen molar-refractivity contribution in [2.24, 2.45) is 0 Å². The largest absolute Gasteiger partial charge is 0.390 e. The van der Waals surface area contributed by atoms with E-state index in [4.69, 9.17) is 0 Å². The van der Waals surface area contributed by atoms with Crippen LogP contribution in [0.15, 0.2) is 41.8 Å². The number of hydrogen-bond acceptors (Lipinski definition) is 3. The van der Waals surface area contributed by atoms with Crippen molar-refractivity contribution in [2.45, 2.75) is 50.7 Å². The van der Waals surface area contributed by atoms with Gasteiger partial charge in [0.15, 0.2) is 0 Å². The second kappa shape index (κ2) is 6.67. The van der Waals surface area contributed by atoms with Gasteiger partial charge in [0, 0.05) is 23.0 Å². The van der Waals surface area contributed by atoms with Crippen molar-refractivity contribution in [3.63, 3.8) is 0 Å². The number of aliphatic hydroxyl groups is 1. The van der Waals surface area contributed by atoms with E-state index >= 15 is 0 Å². The highest BCUT2D eigenvalue weighted by atomic mass is 32.2. The van der Waals surface area contributed by atoms with Crippen molar-refractivity contribution < 1.29 is 5.11 Å². The fraction of sp³-hybridized carbons (Fsp3) is 0.471. The fourth-order valence-corrected chi connectivity index (χ4v) is 3.08. The summed E-state index contributed by atoms with van der Waals surface area (Å²) in [5.74, 6) is 0.688. The van der Waals surface area contributed by atoms with Crippen molar-refractivity contribution in [1.29, 1.82) is 0 Å². The van der Waals surface area contributed by atoms with E-state index in [2.05, 4.69) is 50.9 Å². The molecule has 1 unspecified atom stereocenters. The molecule has 21 heavy (non-hydrogen) atoms. The molecule has 0 saturated carbocycles. The van der Waals surface area contributed by atoms with Gasteiger partial charge in [-0.05, 0) is 29.5 Å². The van der Waals surface area contributed by atoms with E-state index in [1.165, 1.54) is 16.0 Å². The third-order valence-electron chi connectivity index (χ3n) is 3.45. The van der Waals surface area contributed by atoms with Gasteiger partial charge in [-0.3, -0.25) is 0 Å². The van der Waals surface area contributed by atoms with Gasteiger partial charge in [0.05, 0.1) is 19.0 Å². The Morgan fingerprint density at radius 3 is 2.67 bits per heavy atom. The van der Waals surface area contributed by atoms with Gasteiger partial charge in [0.2, 0.25) is 0 Å². The standard InChI is InChI=1S/C17H24N2OS/c1-13-9-14(17(2,3)4)5-6-16(13)21-11-15(20)10-19-8-7-18-12-19/h5-9,12,15,20H,10-11H2,1-4H3. The molecule has 3 nitrogen and oxygen atoms in total. The quantitative estimate of drug-likeness (QED) is 0.857. The predicted molar refractivity (Wildman–Crippen MR) is 88.8 cm³/mol. The van der Waals surface area contributed by atoms with Crippen LogP contribution in [0.1, 0.15) is 31.9 Å². The molecule has 2 aromatic rings. The molecule has 1 N–H and O–H groups in total. The lowest BCUT2D eigenvalue weighted by Gasteiger charge is -2.20. The number of aliphatic hydroxyl groups excluding tert-OH is 1. The molecule has 0 spiro atoms. The lowest BCUT2D eigenvalue weighted by Crippen LogP contribution is -2.17. The maximum Gasteiger partial charge on any atom is 0.0946 e. The second-order valence-corrected chi connectivity index (χ2v) is 7.52. The van der Waals surface area contributed by atoms with Gasteiger partial charge < -0.3 is 9.67 Å². The van der Waals surface area contributed by atoms with Crippen LogP contribution in [-0.4, -0.2) is 26.5 Å². The Morgan fingerprint density at radius 2 is 2.10 bits per heavy atom. The summed E-state index contributed by atoms with van der Waals surface area (Å²) in [6.45, 7) is 9.41. The summed E-state index contributed by atoms with van der Waals surface area (Å²) in [5.41, 5.74) is 2.81. The van der Waals surface area contributed by atoms with Crippen molar-refractivity contribution in [2.75, 3.05) is 5.75 Å². The first kappa shape index (κ1) is 16.1. The molecular formula is C17H24N2OS. The number of thioether (sulfide) groups is 1. The number of benzene rings is 1. The van der Waals surface area contributed by atoms with Crippen molar-refractivity contribution >= 4 is 11.8 Å². The molecule has 1 heterocycles. The predicted octanol–water partition coefficient (Wildman–Crippen LogP) is 3.64. The maximum atomic E-state index is 10.1. The molecule has 4 heteroatoms. The van der Waals surface area contributed by atoms with Gasteiger partial charge in [-0.1, -0.05) is 32.9 Å². The first-order valence-corrected chi connectivity index (χ1v) is 8.22. The van der Waals surface area contributed by atoms with Crippen LogP contribution in [-0.2, 0) is 12.0 Å². The third kappa shape index (κ3) is 4.61. The van der Waals surface area contributed by atoms with Crippen LogP contribution in [0.5, 0.6) is 0 Å². The number of aryl methyl sites for hydroxylation is 1. The first-order valence-electron chi connectivity index (χ1n) is 7.24. The van der Waals surface area contributed by atoms with Crippen LogP contribution >= 0.6 is 11.8 Å². The van der Waals surface area contributed by atoms with Crippen LogP contribution in [0.2, 0.25) is 0 Å². The molecule has 0 radical (unpaired) electrons. The normalized spacial score (nSPS) is 13.4. The Morgan fingerprint density at radius 1 is 1.33 bits per heavy atom. The summed E-state index contributed by atoms with van der Waals surface area (Å²) in [6.07, 6.45) is 4.97. The van der Waals surface area contributed by atoms with Gasteiger partial charge in [-0.25, -0.2) is 4.98 Å². The monoisotopic (exact) mass is 304 g/mol. The maximum absolute atomic E-state index is 10.1. The fourth-order valence-electron chi connectivity index (χ4n) is 2.15. The van der Waals surface area contributed by atoms with Gasteiger partial charge in [0.25, 0.3) is 0 Å². The summed E-state index contributed by atoms with van der Waals surface area (Å²) in [4.78, 5) is 5.23. The zero-order chi connectivity index (χ0) is 15.5. The smallest absolute Gasteiger partial charge is 0.0946 e. The average Bonchev–Trinajstić information content (AvgIpc) is 2.89. The van der Waals surface area contributed by atoms with E-state index in [9.17, 15) is 5.11 Å². The zero-order valence-electron chi connectivity index (χ0n) is 13.2. The van der Waals surface area contributed by atoms with Crippen LogP contribution in [0, 0.1) is 6.92 Å². The molecule has 0 amide bonds. The zero-order valence-corrected chi connectivity index (χ0v) is 14.0. The minimum atomic E-state index is -0.370. The second-order valence-electron chi connectivity index (χ2n) is 6.45. The van der Waals surface area contributed by atoms with E-state index in [0.29, 0.717) is 12.3 Å². The van der Waals surface area contributed by atoms with Gasteiger partial charge in [-0.2, -0.15) is 0 Å². The molecule has 1 aromatic heterocycles. The van der Waals surface area contributed by atoms with Crippen molar-refractivity contribution in [1.82, 2.24) is 9.55 Å². The van der Waals surface area contributed by atoms with Gasteiger partial charge in [-0.15, -0.1) is 11.8 Å². The number of rotatable bonds is 5. The molecule has 1 atom stereocenters. The summed E-state index contributed by atoms with van der Waals surface area (Å²) in [5, 5.41) is 10.1. The molecule has 0 aliphatic carbocycles. The van der Waals surface area contributed by atoms with Crippen LogP contribution in [0.3, 0.4) is 0 Å². The Kier molecular flexibility index (Phi) is 5.12. The summed E-state index contributed by atoms with van der Waals surface area (Å²) >= 11 is 1.71. The molecular weight excluding hydrogens is 280 g/mol. The van der Waals surface area contributed by atoms with E-state index in [1.54, 1.807) is 24.3 Å². The van der Waals surface area contributed by atoms with E-state index in [-0.39, 0.29) is 11.5 Å². The van der Waals surface area contributed by atoms with E-state index in [0.717, 1.165) is 0 Å². The highest BCUT2D eigenvalue weighted by molar-refractivity contribution is 7.99. The Hall–Kier alpha value is -1.26. The Labute approximate surface area is 131 Å². The molecule has 0 aliphatic heterocycles. The summed E-state index contributed by atoms with van der Waals surface area (Å²) in [7, 11) is 0. The van der Waals surface area contributed by atoms with Crippen molar-refractivity contribution in [3.8, 4) is 0 Å². The molecule has 0 bridgehead atoms. The molecule has 114 valence electrons. The molecule has 0 fully saturated rings. The van der Waals surface area contributed by atoms with Crippen molar-refractivity contribution in [3.05, 3.63) is 48.0 Å². The number of aromatic nitrogens is 2. The van der Waals surface area contributed by atoms with E-state index < -0.39 is 0 Å². The topological polar surface area (TPSA) is 38.0 Å². The molecule has 0 saturated heterocycles.